The van der Waals surface area contributed by atoms with Crippen molar-refractivity contribution in [3.63, 3.8) is 0 Å². The molecule has 0 aliphatic carbocycles. The molecule has 3 rings (SSSR count). The quantitative estimate of drug-likeness (QED) is 0.914. The fourth-order valence-electron chi connectivity index (χ4n) is 2.14. The molecular formula is C15H13NO3. The topological polar surface area (TPSA) is 49.8 Å². The summed E-state index contributed by atoms with van der Waals surface area (Å²) < 4.78 is 5.51. The van der Waals surface area contributed by atoms with Crippen LogP contribution in [0.1, 0.15) is 22.1 Å². The number of aliphatic hydroxyl groups is 1. The molecule has 0 aromatic heterocycles. The Bertz CT molecular complexity index is 597. The van der Waals surface area contributed by atoms with Gasteiger partial charge in [-0.15, -0.1) is 0 Å². The first-order valence-electron chi connectivity index (χ1n) is 6.03. The van der Waals surface area contributed by atoms with Crippen LogP contribution >= 0.6 is 0 Å². The summed E-state index contributed by atoms with van der Waals surface area (Å²) in [5.74, 6) is 0.456. The summed E-state index contributed by atoms with van der Waals surface area (Å²) in [5.41, 5.74) is 1.16. The number of hydrogen-bond acceptors (Lipinski definition) is 3. The number of hydrogen-bond donors (Lipinski definition) is 1. The van der Waals surface area contributed by atoms with Gasteiger partial charge in [0.15, 0.2) is 13.0 Å². The Kier molecular flexibility index (Phi) is 2.93. The van der Waals surface area contributed by atoms with Gasteiger partial charge in [-0.2, -0.15) is 0 Å². The minimum Gasteiger partial charge on any atom is -0.473 e. The molecule has 2 aromatic carbocycles. The van der Waals surface area contributed by atoms with E-state index in [1.165, 1.54) is 4.90 Å². The predicted molar refractivity (Wildman–Crippen MR) is 69.5 cm³/mol. The summed E-state index contributed by atoms with van der Waals surface area (Å²) in [6.45, 7) is 0.0265. The number of ether oxygens (including phenoxy) is 1. The highest BCUT2D eigenvalue weighted by Gasteiger charge is 2.35. The maximum Gasteiger partial charge on any atom is 0.259 e. The first kappa shape index (κ1) is 11.7. The van der Waals surface area contributed by atoms with Gasteiger partial charge in [0.2, 0.25) is 0 Å². The van der Waals surface area contributed by atoms with E-state index in [0.29, 0.717) is 16.9 Å². The van der Waals surface area contributed by atoms with Crippen LogP contribution in [0.25, 0.3) is 0 Å². The average molecular weight is 255 g/mol. The van der Waals surface area contributed by atoms with Crippen LogP contribution in [-0.4, -0.2) is 22.6 Å². The molecule has 0 bridgehead atoms. The van der Waals surface area contributed by atoms with E-state index in [1.807, 2.05) is 18.2 Å². The van der Waals surface area contributed by atoms with Crippen LogP contribution in [0, 0.1) is 0 Å². The standard InChI is InChI=1S/C15H13NO3/c17-14-12-8-4-5-9-13(12)15(18)16(14)10-19-11-6-2-1-3-7-11/h1-9,14,17H,10H2. The summed E-state index contributed by atoms with van der Waals surface area (Å²) in [7, 11) is 0. The van der Waals surface area contributed by atoms with Crippen molar-refractivity contribution in [1.82, 2.24) is 4.90 Å². The first-order valence-corrected chi connectivity index (χ1v) is 6.03. The number of para-hydroxylation sites is 1. The highest BCUT2D eigenvalue weighted by Crippen LogP contribution is 2.31. The molecule has 0 radical (unpaired) electrons. The molecule has 2 aromatic rings. The minimum absolute atomic E-state index is 0.0265. The number of carbonyl (C=O) groups is 1. The summed E-state index contributed by atoms with van der Waals surface area (Å²) in [4.78, 5) is 13.4. The molecule has 0 spiro atoms. The van der Waals surface area contributed by atoms with Crippen molar-refractivity contribution >= 4 is 5.91 Å². The van der Waals surface area contributed by atoms with Gasteiger partial charge in [-0.05, 0) is 18.2 Å². The van der Waals surface area contributed by atoms with Gasteiger partial charge in [-0.3, -0.25) is 9.69 Å². The van der Waals surface area contributed by atoms with Crippen LogP contribution in [0.2, 0.25) is 0 Å². The Balaban J connectivity index is 1.76. The lowest BCUT2D eigenvalue weighted by atomic mass is 10.1. The molecule has 1 heterocycles. The van der Waals surface area contributed by atoms with Gasteiger partial charge < -0.3 is 9.84 Å². The lowest BCUT2D eigenvalue weighted by molar-refractivity contribution is -0.0141. The Hall–Kier alpha value is -2.33. The van der Waals surface area contributed by atoms with Gasteiger partial charge in [0.1, 0.15) is 5.75 Å². The Morgan fingerprint density at radius 1 is 1.05 bits per heavy atom. The zero-order valence-corrected chi connectivity index (χ0v) is 10.2. The van der Waals surface area contributed by atoms with Gasteiger partial charge >= 0.3 is 0 Å². The van der Waals surface area contributed by atoms with E-state index in [9.17, 15) is 9.90 Å². The predicted octanol–water partition coefficient (Wildman–Crippen LogP) is 2.17. The summed E-state index contributed by atoms with van der Waals surface area (Å²) in [6, 6.07) is 16.3. The van der Waals surface area contributed by atoms with Crippen molar-refractivity contribution in [3.8, 4) is 5.75 Å². The van der Waals surface area contributed by atoms with Gasteiger partial charge in [-0.1, -0.05) is 36.4 Å². The zero-order valence-electron chi connectivity index (χ0n) is 10.2. The van der Waals surface area contributed by atoms with E-state index in [4.69, 9.17) is 4.74 Å². The third-order valence-electron chi connectivity index (χ3n) is 3.14. The molecule has 1 unspecified atom stereocenters. The van der Waals surface area contributed by atoms with E-state index >= 15 is 0 Å². The molecule has 0 saturated carbocycles. The molecule has 4 heteroatoms. The lowest BCUT2D eigenvalue weighted by Gasteiger charge is -2.20. The Labute approximate surface area is 110 Å². The van der Waals surface area contributed by atoms with Crippen molar-refractivity contribution < 1.29 is 14.6 Å². The average Bonchev–Trinajstić information content (AvgIpc) is 2.71. The zero-order chi connectivity index (χ0) is 13.2. The van der Waals surface area contributed by atoms with Crippen molar-refractivity contribution in [1.29, 1.82) is 0 Å². The van der Waals surface area contributed by atoms with E-state index in [0.717, 1.165) is 0 Å². The second-order valence-electron chi connectivity index (χ2n) is 4.32. The Morgan fingerprint density at radius 3 is 2.47 bits per heavy atom. The van der Waals surface area contributed by atoms with Crippen LogP contribution < -0.4 is 4.74 Å². The smallest absolute Gasteiger partial charge is 0.259 e. The van der Waals surface area contributed by atoms with Crippen molar-refractivity contribution in [2.24, 2.45) is 0 Å². The molecule has 1 aliphatic heterocycles. The molecule has 19 heavy (non-hydrogen) atoms. The third-order valence-corrected chi connectivity index (χ3v) is 3.14. The monoisotopic (exact) mass is 255 g/mol. The number of carbonyl (C=O) groups excluding carboxylic acids is 1. The van der Waals surface area contributed by atoms with E-state index in [-0.39, 0.29) is 12.6 Å². The molecule has 1 amide bonds. The molecule has 1 N–H and O–H groups in total. The van der Waals surface area contributed by atoms with Crippen LogP contribution in [0.3, 0.4) is 0 Å². The normalized spacial score (nSPS) is 17.4. The Morgan fingerprint density at radius 2 is 1.74 bits per heavy atom. The molecule has 96 valence electrons. The minimum atomic E-state index is -0.938. The molecule has 1 aliphatic rings. The first-order chi connectivity index (χ1) is 9.27. The lowest BCUT2D eigenvalue weighted by Crippen LogP contribution is -2.31. The van der Waals surface area contributed by atoms with Crippen molar-refractivity contribution in [3.05, 3.63) is 65.7 Å². The largest absolute Gasteiger partial charge is 0.473 e. The van der Waals surface area contributed by atoms with Gasteiger partial charge in [0.25, 0.3) is 5.91 Å². The maximum atomic E-state index is 12.1. The van der Waals surface area contributed by atoms with Crippen molar-refractivity contribution in [2.75, 3.05) is 6.73 Å². The molecule has 1 atom stereocenters. The summed E-state index contributed by atoms with van der Waals surface area (Å²) in [5, 5.41) is 10.1. The molecule has 4 nitrogen and oxygen atoms in total. The fourth-order valence-corrected chi connectivity index (χ4v) is 2.14. The SMILES string of the molecule is O=C1c2ccccc2C(O)N1COc1ccccc1. The molecular weight excluding hydrogens is 242 g/mol. The van der Waals surface area contributed by atoms with Gasteiger partial charge in [-0.25, -0.2) is 0 Å². The molecule has 0 saturated heterocycles. The second kappa shape index (κ2) is 4.74. The number of rotatable bonds is 3. The van der Waals surface area contributed by atoms with E-state index < -0.39 is 6.23 Å². The third kappa shape index (κ3) is 2.06. The number of amides is 1. The van der Waals surface area contributed by atoms with Crippen LogP contribution in [0.4, 0.5) is 0 Å². The number of benzene rings is 2. The van der Waals surface area contributed by atoms with Crippen LogP contribution in [-0.2, 0) is 0 Å². The van der Waals surface area contributed by atoms with E-state index in [1.54, 1.807) is 36.4 Å². The van der Waals surface area contributed by atoms with Crippen molar-refractivity contribution in [2.45, 2.75) is 6.23 Å². The maximum absolute atomic E-state index is 12.1. The van der Waals surface area contributed by atoms with Gasteiger partial charge in [0, 0.05) is 11.1 Å². The van der Waals surface area contributed by atoms with Crippen LogP contribution in [0.15, 0.2) is 54.6 Å². The van der Waals surface area contributed by atoms with Crippen LogP contribution in [0.5, 0.6) is 5.75 Å². The fraction of sp³-hybridized carbons (Fsp3) is 0.133. The summed E-state index contributed by atoms with van der Waals surface area (Å²) in [6.07, 6.45) is -0.938. The second-order valence-corrected chi connectivity index (χ2v) is 4.32. The number of fused-ring (bicyclic) bond motifs is 1. The van der Waals surface area contributed by atoms with E-state index in [2.05, 4.69) is 0 Å². The molecule has 0 fully saturated rings. The highest BCUT2D eigenvalue weighted by molar-refractivity contribution is 5.98. The number of aliphatic hydroxyl groups excluding tert-OH is 1. The number of nitrogens with zero attached hydrogens (tertiary/aromatic N) is 1. The highest BCUT2D eigenvalue weighted by atomic mass is 16.5. The summed E-state index contributed by atoms with van der Waals surface area (Å²) >= 11 is 0. The van der Waals surface area contributed by atoms with Gasteiger partial charge in [0.05, 0.1) is 0 Å².